The standard InChI is InChI=1S/C20H24N2O2S2/c1-14-18(26-19(21-14)15-6-3-2-4-7-15)20(23)22(16-9-11-25-13-16)12-17-8-5-10-24-17/h2-4,6-7,16-17H,5,8-13H2,1H3. The Balaban J connectivity index is 1.59. The van der Waals surface area contributed by atoms with Crippen LogP contribution in [0.1, 0.15) is 34.6 Å². The molecule has 26 heavy (non-hydrogen) atoms. The molecule has 0 N–H and O–H groups in total. The van der Waals surface area contributed by atoms with E-state index in [0.29, 0.717) is 12.6 Å². The van der Waals surface area contributed by atoms with Gasteiger partial charge in [0.1, 0.15) is 9.88 Å². The molecule has 4 rings (SSSR count). The number of thiazole rings is 1. The quantitative estimate of drug-likeness (QED) is 0.768. The van der Waals surface area contributed by atoms with E-state index in [4.69, 9.17) is 4.74 Å². The van der Waals surface area contributed by atoms with Crippen molar-refractivity contribution in [3.05, 3.63) is 40.9 Å². The average molecular weight is 389 g/mol. The smallest absolute Gasteiger partial charge is 0.266 e. The van der Waals surface area contributed by atoms with Crippen LogP contribution in [-0.2, 0) is 4.74 Å². The second kappa shape index (κ2) is 8.11. The molecule has 4 nitrogen and oxygen atoms in total. The molecule has 0 radical (unpaired) electrons. The van der Waals surface area contributed by atoms with Gasteiger partial charge in [0.2, 0.25) is 0 Å². The van der Waals surface area contributed by atoms with E-state index in [1.54, 1.807) is 0 Å². The van der Waals surface area contributed by atoms with Crippen molar-refractivity contribution in [2.75, 3.05) is 24.7 Å². The van der Waals surface area contributed by atoms with E-state index in [0.717, 1.165) is 58.5 Å². The highest BCUT2D eigenvalue weighted by Crippen LogP contribution is 2.31. The highest BCUT2D eigenvalue weighted by molar-refractivity contribution is 7.99. The van der Waals surface area contributed by atoms with Crippen LogP contribution in [0.3, 0.4) is 0 Å². The van der Waals surface area contributed by atoms with E-state index in [9.17, 15) is 4.79 Å². The normalized spacial score (nSPS) is 22.7. The minimum absolute atomic E-state index is 0.130. The fourth-order valence-corrected chi connectivity index (χ4v) is 5.85. The first-order chi connectivity index (χ1) is 12.7. The van der Waals surface area contributed by atoms with E-state index >= 15 is 0 Å². The van der Waals surface area contributed by atoms with Crippen LogP contribution in [0.4, 0.5) is 0 Å². The van der Waals surface area contributed by atoms with E-state index in [-0.39, 0.29) is 12.0 Å². The van der Waals surface area contributed by atoms with Crippen molar-refractivity contribution in [2.45, 2.75) is 38.3 Å². The molecule has 2 aliphatic rings. The van der Waals surface area contributed by atoms with Gasteiger partial charge in [-0.1, -0.05) is 30.3 Å². The van der Waals surface area contributed by atoms with Crippen molar-refractivity contribution >= 4 is 29.0 Å². The molecule has 2 unspecified atom stereocenters. The predicted octanol–water partition coefficient (Wildman–Crippen LogP) is 4.25. The lowest BCUT2D eigenvalue weighted by Gasteiger charge is -2.30. The van der Waals surface area contributed by atoms with Crippen LogP contribution in [0.5, 0.6) is 0 Å². The maximum absolute atomic E-state index is 13.4. The largest absolute Gasteiger partial charge is 0.376 e. The number of thioether (sulfide) groups is 1. The van der Waals surface area contributed by atoms with Crippen molar-refractivity contribution < 1.29 is 9.53 Å². The molecule has 2 saturated heterocycles. The van der Waals surface area contributed by atoms with Crippen molar-refractivity contribution in [2.24, 2.45) is 0 Å². The van der Waals surface area contributed by atoms with Gasteiger partial charge in [0.25, 0.3) is 5.91 Å². The molecular weight excluding hydrogens is 364 g/mol. The molecule has 138 valence electrons. The molecule has 6 heteroatoms. The van der Waals surface area contributed by atoms with Crippen LogP contribution in [0.2, 0.25) is 0 Å². The van der Waals surface area contributed by atoms with E-state index in [2.05, 4.69) is 9.88 Å². The van der Waals surface area contributed by atoms with Crippen LogP contribution in [0.25, 0.3) is 10.6 Å². The summed E-state index contributed by atoms with van der Waals surface area (Å²) in [5.74, 6) is 2.30. The molecule has 1 aromatic carbocycles. The van der Waals surface area contributed by atoms with Gasteiger partial charge < -0.3 is 9.64 Å². The number of amides is 1. The summed E-state index contributed by atoms with van der Waals surface area (Å²) >= 11 is 3.46. The zero-order valence-electron chi connectivity index (χ0n) is 15.0. The lowest BCUT2D eigenvalue weighted by atomic mass is 10.1. The number of rotatable bonds is 5. The van der Waals surface area contributed by atoms with E-state index in [1.165, 1.54) is 11.3 Å². The van der Waals surface area contributed by atoms with Crippen molar-refractivity contribution in [3.8, 4) is 10.6 Å². The zero-order chi connectivity index (χ0) is 17.9. The molecule has 1 aromatic heterocycles. The number of carbonyl (C=O) groups is 1. The predicted molar refractivity (Wildman–Crippen MR) is 108 cm³/mol. The Morgan fingerprint density at radius 1 is 1.31 bits per heavy atom. The number of hydrogen-bond donors (Lipinski definition) is 0. The molecule has 2 aromatic rings. The van der Waals surface area contributed by atoms with E-state index in [1.807, 2.05) is 49.0 Å². The Hall–Kier alpha value is -1.37. The van der Waals surface area contributed by atoms with Crippen LogP contribution >= 0.6 is 23.1 Å². The Bertz CT molecular complexity index is 750. The topological polar surface area (TPSA) is 42.4 Å². The number of ether oxygens (including phenoxy) is 1. The van der Waals surface area contributed by atoms with Gasteiger partial charge in [-0.2, -0.15) is 11.8 Å². The van der Waals surface area contributed by atoms with Crippen LogP contribution in [0.15, 0.2) is 30.3 Å². The summed E-state index contributed by atoms with van der Waals surface area (Å²) in [7, 11) is 0. The Morgan fingerprint density at radius 3 is 2.85 bits per heavy atom. The fraction of sp³-hybridized carbons (Fsp3) is 0.500. The molecule has 2 aliphatic heterocycles. The molecule has 1 amide bonds. The molecule has 0 aliphatic carbocycles. The van der Waals surface area contributed by atoms with Gasteiger partial charge in [0.15, 0.2) is 0 Å². The maximum atomic E-state index is 13.4. The summed E-state index contributed by atoms with van der Waals surface area (Å²) in [4.78, 5) is 20.9. The lowest BCUT2D eigenvalue weighted by molar-refractivity contribution is 0.0444. The molecule has 0 spiro atoms. The third-order valence-corrected chi connectivity index (χ3v) is 7.38. The Kier molecular flexibility index (Phi) is 5.62. The summed E-state index contributed by atoms with van der Waals surface area (Å²) in [6.45, 7) is 3.48. The number of nitrogens with zero attached hydrogens (tertiary/aromatic N) is 2. The number of carbonyl (C=O) groups excluding carboxylic acids is 1. The first-order valence-electron chi connectivity index (χ1n) is 9.25. The summed E-state index contributed by atoms with van der Waals surface area (Å²) < 4.78 is 5.82. The van der Waals surface area contributed by atoms with Gasteiger partial charge in [0.05, 0.1) is 11.8 Å². The molecule has 3 heterocycles. The molecule has 2 atom stereocenters. The average Bonchev–Trinajstić information content (AvgIpc) is 3.42. The summed E-state index contributed by atoms with van der Waals surface area (Å²) in [5, 5.41) is 0.921. The highest BCUT2D eigenvalue weighted by atomic mass is 32.2. The molecular formula is C20H24N2O2S2. The monoisotopic (exact) mass is 388 g/mol. The van der Waals surface area contributed by atoms with Crippen LogP contribution in [-0.4, -0.2) is 52.6 Å². The first kappa shape index (κ1) is 18.0. The Morgan fingerprint density at radius 2 is 2.15 bits per heavy atom. The van der Waals surface area contributed by atoms with Crippen LogP contribution < -0.4 is 0 Å². The summed E-state index contributed by atoms with van der Waals surface area (Å²) in [6, 6.07) is 10.4. The molecule has 2 fully saturated rings. The SMILES string of the molecule is Cc1nc(-c2ccccc2)sc1C(=O)N(CC1CCCO1)C1CCSC1. The second-order valence-corrected chi connectivity index (χ2v) is 9.06. The third kappa shape index (κ3) is 3.82. The van der Waals surface area contributed by atoms with Crippen molar-refractivity contribution in [1.29, 1.82) is 0 Å². The van der Waals surface area contributed by atoms with Gasteiger partial charge in [-0.05, 0) is 31.9 Å². The van der Waals surface area contributed by atoms with Crippen molar-refractivity contribution in [3.63, 3.8) is 0 Å². The van der Waals surface area contributed by atoms with Gasteiger partial charge in [0, 0.05) is 30.5 Å². The minimum atomic E-state index is 0.130. The van der Waals surface area contributed by atoms with Gasteiger partial charge in [-0.3, -0.25) is 4.79 Å². The zero-order valence-corrected chi connectivity index (χ0v) is 16.7. The molecule has 0 bridgehead atoms. The number of benzene rings is 1. The first-order valence-corrected chi connectivity index (χ1v) is 11.2. The third-order valence-electron chi connectivity index (χ3n) is 5.04. The van der Waals surface area contributed by atoms with Crippen molar-refractivity contribution in [1.82, 2.24) is 9.88 Å². The Labute approximate surface area is 163 Å². The second-order valence-electron chi connectivity index (χ2n) is 6.91. The molecule has 0 saturated carbocycles. The number of aryl methyl sites for hydroxylation is 1. The summed E-state index contributed by atoms with van der Waals surface area (Å²) in [5.41, 5.74) is 1.91. The number of hydrogen-bond acceptors (Lipinski definition) is 5. The maximum Gasteiger partial charge on any atom is 0.266 e. The minimum Gasteiger partial charge on any atom is -0.376 e. The highest BCUT2D eigenvalue weighted by Gasteiger charge is 2.33. The number of aromatic nitrogens is 1. The summed E-state index contributed by atoms with van der Waals surface area (Å²) in [6.07, 6.45) is 3.42. The van der Waals surface area contributed by atoms with E-state index < -0.39 is 0 Å². The van der Waals surface area contributed by atoms with Crippen LogP contribution in [0, 0.1) is 6.92 Å². The van der Waals surface area contributed by atoms with Gasteiger partial charge >= 0.3 is 0 Å². The lowest BCUT2D eigenvalue weighted by Crippen LogP contribution is -2.44. The van der Waals surface area contributed by atoms with Gasteiger partial charge in [-0.15, -0.1) is 11.3 Å². The van der Waals surface area contributed by atoms with Gasteiger partial charge in [-0.25, -0.2) is 4.98 Å². The fourth-order valence-electron chi connectivity index (χ4n) is 3.60.